The normalized spacial score (nSPS) is 11.4. The molecular formula is C10H22NO4P. The molecule has 96 valence electrons. The van der Waals surface area contributed by atoms with Gasteiger partial charge in [-0.3, -0.25) is 9.36 Å². The van der Waals surface area contributed by atoms with Gasteiger partial charge in [0.15, 0.2) is 0 Å². The maximum atomic E-state index is 12.0. The van der Waals surface area contributed by atoms with Crippen molar-refractivity contribution in [3.05, 3.63) is 0 Å². The van der Waals surface area contributed by atoms with E-state index in [1.807, 2.05) is 6.92 Å². The predicted octanol–water partition coefficient (Wildman–Crippen LogP) is 2.17. The summed E-state index contributed by atoms with van der Waals surface area (Å²) in [6.45, 7) is 6.64. The molecule has 0 rings (SSSR count). The highest BCUT2D eigenvalue weighted by molar-refractivity contribution is 7.54. The van der Waals surface area contributed by atoms with Gasteiger partial charge in [-0.1, -0.05) is 13.3 Å². The maximum Gasteiger partial charge on any atom is 0.340 e. The van der Waals surface area contributed by atoms with E-state index >= 15 is 0 Å². The topological polar surface area (TPSA) is 64.6 Å². The van der Waals surface area contributed by atoms with Crippen molar-refractivity contribution in [2.24, 2.45) is 0 Å². The van der Waals surface area contributed by atoms with Crippen molar-refractivity contribution in [2.45, 2.75) is 33.6 Å². The molecule has 0 aromatic heterocycles. The van der Waals surface area contributed by atoms with Crippen molar-refractivity contribution in [1.82, 2.24) is 5.32 Å². The van der Waals surface area contributed by atoms with E-state index in [0.717, 1.165) is 12.8 Å². The molecule has 0 aliphatic carbocycles. The highest BCUT2D eigenvalue weighted by Crippen LogP contribution is 2.47. The van der Waals surface area contributed by atoms with Crippen LogP contribution in [0.5, 0.6) is 0 Å². The van der Waals surface area contributed by atoms with E-state index in [1.165, 1.54) is 0 Å². The van der Waals surface area contributed by atoms with Crippen LogP contribution in [-0.4, -0.2) is 31.8 Å². The second-order valence-corrected chi connectivity index (χ2v) is 5.36. The molecule has 1 N–H and O–H groups in total. The summed E-state index contributed by atoms with van der Waals surface area (Å²) in [6, 6.07) is 0. The third kappa shape index (κ3) is 6.99. The molecule has 0 heterocycles. The number of hydrogen-bond acceptors (Lipinski definition) is 4. The predicted molar refractivity (Wildman–Crippen MR) is 63.6 cm³/mol. The van der Waals surface area contributed by atoms with E-state index in [1.54, 1.807) is 13.8 Å². The monoisotopic (exact) mass is 251 g/mol. The number of rotatable bonds is 9. The second-order valence-electron chi connectivity index (χ2n) is 3.31. The summed E-state index contributed by atoms with van der Waals surface area (Å²) in [7, 11) is -3.24. The van der Waals surface area contributed by atoms with E-state index in [4.69, 9.17) is 9.05 Å². The maximum absolute atomic E-state index is 12.0. The number of nitrogens with one attached hydrogen (secondary N) is 1. The molecule has 0 radical (unpaired) electrons. The summed E-state index contributed by atoms with van der Waals surface area (Å²) in [6.07, 6.45) is 1.73. The fraction of sp³-hybridized carbons (Fsp3) is 0.900. The summed E-state index contributed by atoms with van der Waals surface area (Å²) in [5.74, 6) is -0.279. The molecule has 5 nitrogen and oxygen atoms in total. The molecule has 0 aliphatic heterocycles. The lowest BCUT2D eigenvalue weighted by Gasteiger charge is -2.16. The zero-order chi connectivity index (χ0) is 12.4. The molecule has 0 saturated carbocycles. The fourth-order valence-electron chi connectivity index (χ4n) is 1.16. The van der Waals surface area contributed by atoms with Crippen LogP contribution in [0.25, 0.3) is 0 Å². The quantitative estimate of drug-likeness (QED) is 0.504. The summed E-state index contributed by atoms with van der Waals surface area (Å²) in [5, 5.41) is 2.68. The molecule has 0 fully saturated rings. The Morgan fingerprint density at radius 3 is 2.19 bits per heavy atom. The largest absolute Gasteiger partial charge is 0.356 e. The Hall–Kier alpha value is -0.380. The van der Waals surface area contributed by atoms with Gasteiger partial charge in [0.05, 0.1) is 13.2 Å². The molecule has 0 unspecified atom stereocenters. The van der Waals surface area contributed by atoms with Crippen LogP contribution in [0.4, 0.5) is 0 Å². The van der Waals surface area contributed by atoms with E-state index in [9.17, 15) is 9.36 Å². The van der Waals surface area contributed by atoms with Crippen LogP contribution in [0.15, 0.2) is 0 Å². The van der Waals surface area contributed by atoms with Crippen LogP contribution in [0.3, 0.4) is 0 Å². The molecule has 0 spiro atoms. The SMILES string of the molecule is CCCCNC(=O)CP(=O)(OCC)OCC. The Morgan fingerprint density at radius 2 is 1.75 bits per heavy atom. The molecule has 6 heteroatoms. The van der Waals surface area contributed by atoms with Gasteiger partial charge in [-0.25, -0.2) is 0 Å². The summed E-state index contributed by atoms with van der Waals surface area (Å²) in [4.78, 5) is 11.4. The fourth-order valence-corrected chi connectivity index (χ4v) is 2.67. The summed E-state index contributed by atoms with van der Waals surface area (Å²) >= 11 is 0. The average molecular weight is 251 g/mol. The van der Waals surface area contributed by atoms with E-state index in [-0.39, 0.29) is 25.3 Å². The highest BCUT2D eigenvalue weighted by atomic mass is 31.2. The number of carbonyl (C=O) groups excluding carboxylic acids is 1. The Balaban J connectivity index is 4.07. The van der Waals surface area contributed by atoms with Gasteiger partial charge in [0.1, 0.15) is 6.16 Å². The second kappa shape index (κ2) is 8.74. The van der Waals surface area contributed by atoms with Gasteiger partial charge in [-0.15, -0.1) is 0 Å². The number of carbonyl (C=O) groups is 1. The van der Waals surface area contributed by atoms with Crippen LogP contribution >= 0.6 is 7.60 Å². The zero-order valence-electron chi connectivity index (χ0n) is 10.3. The minimum absolute atomic E-state index is 0.196. The van der Waals surface area contributed by atoms with Gasteiger partial charge in [-0.2, -0.15) is 0 Å². The van der Waals surface area contributed by atoms with E-state index < -0.39 is 7.60 Å². The van der Waals surface area contributed by atoms with Gasteiger partial charge in [0.25, 0.3) is 0 Å². The van der Waals surface area contributed by atoms with E-state index in [0.29, 0.717) is 6.54 Å². The standard InChI is InChI=1S/C10H22NO4P/c1-4-7-8-11-10(12)9-16(13,14-5-2)15-6-3/h4-9H2,1-3H3,(H,11,12). The Bertz CT molecular complexity index is 235. The van der Waals surface area contributed by atoms with E-state index in [2.05, 4.69) is 5.32 Å². The van der Waals surface area contributed by atoms with Crippen molar-refractivity contribution in [3.8, 4) is 0 Å². The zero-order valence-corrected chi connectivity index (χ0v) is 11.2. The van der Waals surface area contributed by atoms with Gasteiger partial charge >= 0.3 is 7.60 Å². The first kappa shape index (κ1) is 15.6. The first-order chi connectivity index (χ1) is 7.58. The van der Waals surface area contributed by atoms with Crippen molar-refractivity contribution in [1.29, 1.82) is 0 Å². The lowest BCUT2D eigenvalue weighted by molar-refractivity contribution is -0.118. The number of amides is 1. The molecule has 0 aliphatic rings. The van der Waals surface area contributed by atoms with Crippen LogP contribution in [0, 0.1) is 0 Å². The molecule has 0 atom stereocenters. The van der Waals surface area contributed by atoms with Crippen LogP contribution < -0.4 is 5.32 Å². The molecule has 0 aromatic rings. The molecule has 0 aromatic carbocycles. The van der Waals surface area contributed by atoms with Crippen molar-refractivity contribution < 1.29 is 18.4 Å². The molecular weight excluding hydrogens is 229 g/mol. The first-order valence-corrected chi connectivity index (χ1v) is 7.45. The highest BCUT2D eigenvalue weighted by Gasteiger charge is 2.27. The minimum Gasteiger partial charge on any atom is -0.356 e. The van der Waals surface area contributed by atoms with Gasteiger partial charge in [0, 0.05) is 6.54 Å². The van der Waals surface area contributed by atoms with Crippen molar-refractivity contribution >= 4 is 13.5 Å². The van der Waals surface area contributed by atoms with Crippen molar-refractivity contribution in [3.63, 3.8) is 0 Å². The van der Waals surface area contributed by atoms with Gasteiger partial charge in [0.2, 0.25) is 5.91 Å². The lowest BCUT2D eigenvalue weighted by atomic mass is 10.3. The number of unbranched alkanes of at least 4 members (excludes halogenated alkanes) is 1. The lowest BCUT2D eigenvalue weighted by Crippen LogP contribution is -2.28. The Labute approximate surface area is 97.4 Å². The van der Waals surface area contributed by atoms with Gasteiger partial charge in [-0.05, 0) is 20.3 Å². The third-order valence-electron chi connectivity index (χ3n) is 1.84. The molecule has 0 bridgehead atoms. The number of hydrogen-bond donors (Lipinski definition) is 1. The smallest absolute Gasteiger partial charge is 0.340 e. The van der Waals surface area contributed by atoms with Gasteiger partial charge < -0.3 is 14.4 Å². The Kier molecular flexibility index (Phi) is 8.53. The summed E-state index contributed by atoms with van der Waals surface area (Å²) in [5.41, 5.74) is 0. The third-order valence-corrected chi connectivity index (χ3v) is 3.82. The molecule has 1 amide bonds. The minimum atomic E-state index is -3.24. The molecule has 0 saturated heterocycles. The van der Waals surface area contributed by atoms with Crippen LogP contribution in [-0.2, 0) is 18.4 Å². The first-order valence-electron chi connectivity index (χ1n) is 5.72. The van der Waals surface area contributed by atoms with Crippen LogP contribution in [0.1, 0.15) is 33.6 Å². The molecule has 16 heavy (non-hydrogen) atoms. The van der Waals surface area contributed by atoms with Crippen LogP contribution in [0.2, 0.25) is 0 Å². The van der Waals surface area contributed by atoms with Crippen molar-refractivity contribution in [2.75, 3.05) is 25.9 Å². The average Bonchev–Trinajstić information content (AvgIpc) is 2.18. The summed E-state index contributed by atoms with van der Waals surface area (Å²) < 4.78 is 22.0. The Morgan fingerprint density at radius 1 is 1.19 bits per heavy atom.